The molecule has 0 saturated carbocycles. The third-order valence-electron chi connectivity index (χ3n) is 9.75. The first-order valence-electron chi connectivity index (χ1n) is 23.1. The second kappa shape index (κ2) is 44.0. The van der Waals surface area contributed by atoms with Crippen LogP contribution in [-0.2, 0) is 27.9 Å². The highest BCUT2D eigenvalue weighted by molar-refractivity contribution is 7.47. The normalized spacial score (nSPS) is 14.4. The van der Waals surface area contributed by atoms with Gasteiger partial charge in [-0.2, -0.15) is 0 Å². The number of phosphoric ester groups is 1. The van der Waals surface area contributed by atoms with Crippen LogP contribution in [0.25, 0.3) is 0 Å². The number of unbranched alkanes of at least 4 members (excludes halogenated alkanes) is 22. The van der Waals surface area contributed by atoms with Crippen LogP contribution >= 0.6 is 7.82 Å². The van der Waals surface area contributed by atoms with Gasteiger partial charge >= 0.3 is 13.8 Å². The highest BCUT2D eigenvalue weighted by Gasteiger charge is 2.26. The number of aliphatic hydroxyl groups excluding tert-OH is 2. The largest absolute Gasteiger partial charge is 0.472 e. The molecule has 0 rings (SSSR count). The van der Waals surface area contributed by atoms with Crippen LogP contribution in [0, 0.1) is 0 Å². The Bertz CT molecular complexity index is 1030. The fourth-order valence-electron chi connectivity index (χ4n) is 6.25. The van der Waals surface area contributed by atoms with E-state index in [9.17, 15) is 19.4 Å². The molecular weight excluding hydrogens is 739 g/mol. The molecule has 0 saturated heterocycles. The number of ether oxygens (including phenoxy) is 2. The van der Waals surface area contributed by atoms with E-state index < -0.39 is 33.2 Å². The molecule has 0 aliphatic carbocycles. The molecule has 10 heteroatoms. The molecular formula is C47H87O9P. The monoisotopic (exact) mass is 827 g/mol. The zero-order valence-corrected chi connectivity index (χ0v) is 37.4. The average molecular weight is 827 g/mol. The first kappa shape index (κ1) is 55.4. The summed E-state index contributed by atoms with van der Waals surface area (Å²) in [4.78, 5) is 22.6. The van der Waals surface area contributed by atoms with Crippen molar-refractivity contribution in [3.05, 3.63) is 48.6 Å². The van der Waals surface area contributed by atoms with Gasteiger partial charge in [0.15, 0.2) is 0 Å². The van der Waals surface area contributed by atoms with Crippen LogP contribution in [0.4, 0.5) is 0 Å². The van der Waals surface area contributed by atoms with Gasteiger partial charge in [-0.3, -0.25) is 13.8 Å². The molecule has 0 amide bonds. The zero-order valence-electron chi connectivity index (χ0n) is 36.6. The lowest BCUT2D eigenvalue weighted by atomic mass is 10.1. The summed E-state index contributed by atoms with van der Waals surface area (Å²) in [6.45, 7) is 3.40. The predicted octanol–water partition coefficient (Wildman–Crippen LogP) is 13.0. The lowest BCUT2D eigenvalue weighted by Crippen LogP contribution is -2.29. The van der Waals surface area contributed by atoms with Crippen molar-refractivity contribution in [2.45, 2.75) is 212 Å². The molecule has 0 fully saturated rings. The molecule has 3 atom stereocenters. The Labute approximate surface area is 349 Å². The van der Waals surface area contributed by atoms with E-state index in [1.54, 1.807) is 0 Å². The number of aliphatic hydroxyl groups is 2. The molecule has 9 nitrogen and oxygen atoms in total. The molecule has 0 aromatic carbocycles. The number of allylic oxidation sites excluding steroid dienone is 8. The number of phosphoric acid groups is 1. The summed E-state index contributed by atoms with van der Waals surface area (Å²) in [5, 5.41) is 18.4. The van der Waals surface area contributed by atoms with Crippen molar-refractivity contribution in [1.29, 1.82) is 0 Å². The molecule has 0 heterocycles. The van der Waals surface area contributed by atoms with Gasteiger partial charge in [0.05, 0.1) is 26.4 Å². The van der Waals surface area contributed by atoms with Gasteiger partial charge in [0.25, 0.3) is 0 Å². The van der Waals surface area contributed by atoms with Gasteiger partial charge in [0.2, 0.25) is 0 Å². The summed E-state index contributed by atoms with van der Waals surface area (Å²) >= 11 is 0. The zero-order chi connectivity index (χ0) is 41.8. The summed E-state index contributed by atoms with van der Waals surface area (Å²) in [5.41, 5.74) is 0. The Morgan fingerprint density at radius 3 is 1.53 bits per heavy atom. The van der Waals surface area contributed by atoms with E-state index >= 15 is 0 Å². The van der Waals surface area contributed by atoms with Gasteiger partial charge in [-0.25, -0.2) is 4.57 Å². The summed E-state index contributed by atoms with van der Waals surface area (Å²) in [6, 6.07) is 0. The topological polar surface area (TPSA) is 132 Å². The molecule has 0 aromatic rings. The van der Waals surface area contributed by atoms with Crippen LogP contribution in [0.15, 0.2) is 48.6 Å². The Kier molecular flexibility index (Phi) is 42.8. The van der Waals surface area contributed by atoms with Crippen LogP contribution in [0.5, 0.6) is 0 Å². The second-order valence-corrected chi connectivity index (χ2v) is 16.8. The fourth-order valence-corrected chi connectivity index (χ4v) is 7.04. The quantitative estimate of drug-likeness (QED) is 0.0238. The Morgan fingerprint density at radius 1 is 0.561 bits per heavy atom. The Balaban J connectivity index is 4.15. The van der Waals surface area contributed by atoms with E-state index in [2.05, 4.69) is 62.5 Å². The van der Waals surface area contributed by atoms with Gasteiger partial charge in [0.1, 0.15) is 12.2 Å². The maximum absolute atomic E-state index is 12.6. The summed E-state index contributed by atoms with van der Waals surface area (Å²) in [7, 11) is -4.52. The van der Waals surface area contributed by atoms with Crippen molar-refractivity contribution in [3.8, 4) is 0 Å². The number of carbonyl (C=O) groups excluding carboxylic acids is 1. The van der Waals surface area contributed by atoms with E-state index in [4.69, 9.17) is 23.6 Å². The lowest BCUT2D eigenvalue weighted by Gasteiger charge is -2.20. The lowest BCUT2D eigenvalue weighted by molar-refractivity contribution is -0.154. The third-order valence-corrected chi connectivity index (χ3v) is 10.7. The third kappa shape index (κ3) is 43.8. The van der Waals surface area contributed by atoms with Crippen molar-refractivity contribution in [3.63, 3.8) is 0 Å². The summed E-state index contributed by atoms with van der Waals surface area (Å²) in [6.07, 6.45) is 49.2. The van der Waals surface area contributed by atoms with Gasteiger partial charge < -0.3 is 24.6 Å². The standard InChI is InChI=1S/C47H87O9P/c1-3-5-7-9-11-13-15-17-19-21-23-25-27-29-31-33-35-37-39-47(50)56-46(44-55-57(51,52)54-42-45(49)41-48)43-53-40-38-36-34-32-30-28-26-24-22-20-18-16-14-12-10-8-6-4-2/h6,8,12,14,18-21,45-46,48-49H,3-5,7,9-11,13,15-17,22-44H2,1-2H3,(H,51,52)/b8-6-,14-12-,20-18-,21-19-. The van der Waals surface area contributed by atoms with Crippen molar-refractivity contribution in [2.75, 3.05) is 33.0 Å². The predicted molar refractivity (Wildman–Crippen MR) is 237 cm³/mol. The molecule has 334 valence electrons. The van der Waals surface area contributed by atoms with E-state index in [1.165, 1.54) is 103 Å². The maximum atomic E-state index is 12.6. The average Bonchev–Trinajstić information content (AvgIpc) is 3.20. The summed E-state index contributed by atoms with van der Waals surface area (Å²) in [5.74, 6) is -0.390. The van der Waals surface area contributed by atoms with E-state index in [-0.39, 0.29) is 25.6 Å². The van der Waals surface area contributed by atoms with Crippen LogP contribution in [0.1, 0.15) is 200 Å². The molecule has 0 aromatic heterocycles. The van der Waals surface area contributed by atoms with Crippen molar-refractivity contribution < 1.29 is 43.0 Å². The number of carbonyl (C=O) groups is 1. The van der Waals surface area contributed by atoms with Crippen LogP contribution < -0.4 is 0 Å². The number of esters is 1. The van der Waals surface area contributed by atoms with Gasteiger partial charge in [-0.1, -0.05) is 172 Å². The van der Waals surface area contributed by atoms with Crippen LogP contribution in [0.2, 0.25) is 0 Å². The van der Waals surface area contributed by atoms with Crippen molar-refractivity contribution in [1.82, 2.24) is 0 Å². The Hall–Kier alpha value is -1.58. The van der Waals surface area contributed by atoms with Gasteiger partial charge in [-0.15, -0.1) is 0 Å². The van der Waals surface area contributed by atoms with Gasteiger partial charge in [0, 0.05) is 13.0 Å². The van der Waals surface area contributed by atoms with E-state index in [0.29, 0.717) is 6.61 Å². The van der Waals surface area contributed by atoms with E-state index in [1.807, 2.05) is 0 Å². The molecule has 3 N–H and O–H groups in total. The highest BCUT2D eigenvalue weighted by Crippen LogP contribution is 2.43. The molecule has 0 radical (unpaired) electrons. The Morgan fingerprint density at radius 2 is 1.00 bits per heavy atom. The van der Waals surface area contributed by atoms with Gasteiger partial charge in [-0.05, 0) is 70.6 Å². The number of hydrogen-bond donors (Lipinski definition) is 3. The molecule has 57 heavy (non-hydrogen) atoms. The molecule has 0 spiro atoms. The molecule has 3 unspecified atom stereocenters. The first-order valence-corrected chi connectivity index (χ1v) is 24.6. The van der Waals surface area contributed by atoms with Crippen molar-refractivity contribution in [2.24, 2.45) is 0 Å². The van der Waals surface area contributed by atoms with Crippen LogP contribution in [0.3, 0.4) is 0 Å². The molecule has 0 bridgehead atoms. The number of rotatable bonds is 44. The first-order chi connectivity index (χ1) is 27.8. The molecule has 0 aliphatic heterocycles. The highest BCUT2D eigenvalue weighted by atomic mass is 31.2. The fraction of sp³-hybridized carbons (Fsp3) is 0.809. The summed E-state index contributed by atoms with van der Waals surface area (Å²) < 4.78 is 33.4. The minimum absolute atomic E-state index is 0.0420. The minimum Gasteiger partial charge on any atom is -0.457 e. The van der Waals surface area contributed by atoms with E-state index in [0.717, 1.165) is 77.0 Å². The number of hydrogen-bond acceptors (Lipinski definition) is 8. The smallest absolute Gasteiger partial charge is 0.457 e. The SMILES string of the molecule is CC/C=C\C/C=C\C/C=C\CCCCCCCCCCOCC(COP(=O)(O)OCC(O)CO)OC(=O)CCCCCCCCC/C=C\CCCCCCCCC. The second-order valence-electron chi connectivity index (χ2n) is 15.4. The van der Waals surface area contributed by atoms with Crippen molar-refractivity contribution >= 4 is 13.8 Å². The molecule has 0 aliphatic rings. The maximum Gasteiger partial charge on any atom is 0.472 e. The van der Waals surface area contributed by atoms with Crippen LogP contribution in [-0.4, -0.2) is 66.3 Å². The minimum atomic E-state index is -4.52.